The third kappa shape index (κ3) is 5.54. The highest BCUT2D eigenvalue weighted by Crippen LogP contribution is 2.21. The van der Waals surface area contributed by atoms with E-state index >= 15 is 0 Å². The van der Waals surface area contributed by atoms with Gasteiger partial charge in [0.25, 0.3) is 0 Å². The number of carbonyl (C=O) groups is 1. The normalized spacial score (nSPS) is 17.4. The highest BCUT2D eigenvalue weighted by molar-refractivity contribution is 7.92. The fraction of sp³-hybridized carbons (Fsp3) is 0.471. The molecule has 1 heterocycles. The molecule has 6 nitrogen and oxygen atoms in total. The number of hydrogen-bond donors (Lipinski definition) is 1. The zero-order valence-corrected chi connectivity index (χ0v) is 15.7. The number of piperidine rings is 1. The molecule has 0 saturated carbocycles. The number of benzene rings is 1. The van der Waals surface area contributed by atoms with Gasteiger partial charge in [-0.2, -0.15) is 4.31 Å². The molecule has 0 aliphatic carbocycles. The van der Waals surface area contributed by atoms with Gasteiger partial charge in [0, 0.05) is 29.6 Å². The predicted octanol–water partition coefficient (Wildman–Crippen LogP) is 2.51. The summed E-state index contributed by atoms with van der Waals surface area (Å²) in [4.78, 5) is 12.8. The molecule has 1 fully saturated rings. The Hall–Kier alpha value is -1.41. The van der Waals surface area contributed by atoms with Gasteiger partial charge in [0.15, 0.2) is 0 Å². The van der Waals surface area contributed by atoms with E-state index in [-0.39, 0.29) is 12.6 Å². The van der Waals surface area contributed by atoms with E-state index in [2.05, 4.69) is 0 Å². The quantitative estimate of drug-likeness (QED) is 0.779. The lowest BCUT2D eigenvalue weighted by atomic mass is 10.0. The summed E-state index contributed by atoms with van der Waals surface area (Å²) in [6.45, 7) is 3.31. The van der Waals surface area contributed by atoms with Crippen LogP contribution in [0.2, 0.25) is 5.02 Å². The Labute approximate surface area is 153 Å². The average Bonchev–Trinajstić information content (AvgIpc) is 2.59. The van der Waals surface area contributed by atoms with E-state index in [1.54, 1.807) is 24.3 Å². The summed E-state index contributed by atoms with van der Waals surface area (Å²) in [6, 6.07) is 7.15. The molecule has 1 aliphatic rings. The summed E-state index contributed by atoms with van der Waals surface area (Å²) >= 11 is 6.04. The molecule has 0 aromatic heterocycles. The van der Waals surface area contributed by atoms with E-state index in [9.17, 15) is 13.2 Å². The van der Waals surface area contributed by atoms with Crippen molar-refractivity contribution in [1.29, 1.82) is 0 Å². The average molecular weight is 387 g/mol. The molecule has 0 radical (unpaired) electrons. The second kappa shape index (κ2) is 8.80. The molecule has 1 N–H and O–H groups in total. The molecule has 25 heavy (non-hydrogen) atoms. The number of nitrogens with zero attached hydrogens (tertiary/aromatic N) is 2. The standard InChI is InChI=1S/C17H23ClN2O4S/c1-2-19(13-17(21)22)15-7-10-20(11-8-15)25(23,24)12-9-14-5-3-4-6-16(14)18/h3-6,9,12,15H,2,7-8,10-11,13H2,1H3,(H,21,22)/b12-9+. The van der Waals surface area contributed by atoms with E-state index in [4.69, 9.17) is 16.7 Å². The lowest BCUT2D eigenvalue weighted by Crippen LogP contribution is -2.47. The van der Waals surface area contributed by atoms with Gasteiger partial charge in [-0.1, -0.05) is 36.7 Å². The van der Waals surface area contributed by atoms with E-state index in [1.807, 2.05) is 11.8 Å². The molecule has 0 atom stereocenters. The van der Waals surface area contributed by atoms with E-state index < -0.39 is 16.0 Å². The number of aliphatic carboxylic acids is 1. The van der Waals surface area contributed by atoms with Crippen LogP contribution < -0.4 is 0 Å². The van der Waals surface area contributed by atoms with Gasteiger partial charge in [0.1, 0.15) is 0 Å². The van der Waals surface area contributed by atoms with Crippen molar-refractivity contribution in [2.75, 3.05) is 26.2 Å². The van der Waals surface area contributed by atoms with Crippen LogP contribution in [-0.4, -0.2) is 60.9 Å². The van der Waals surface area contributed by atoms with Crippen LogP contribution in [-0.2, 0) is 14.8 Å². The van der Waals surface area contributed by atoms with E-state index in [0.717, 1.165) is 0 Å². The van der Waals surface area contributed by atoms with Gasteiger partial charge in [-0.25, -0.2) is 8.42 Å². The molecule has 8 heteroatoms. The molecule has 138 valence electrons. The Morgan fingerprint density at radius 1 is 1.36 bits per heavy atom. The van der Waals surface area contributed by atoms with Crippen LogP contribution in [0.5, 0.6) is 0 Å². The first-order chi connectivity index (χ1) is 11.8. The minimum atomic E-state index is -3.52. The van der Waals surface area contributed by atoms with Crippen molar-refractivity contribution in [2.45, 2.75) is 25.8 Å². The smallest absolute Gasteiger partial charge is 0.317 e. The fourth-order valence-corrected chi connectivity index (χ4v) is 4.40. The van der Waals surface area contributed by atoms with Crippen LogP contribution in [0.3, 0.4) is 0 Å². The van der Waals surface area contributed by atoms with Crippen LogP contribution in [0.4, 0.5) is 0 Å². The second-order valence-corrected chi connectivity index (χ2v) is 8.18. The van der Waals surface area contributed by atoms with Crippen molar-refractivity contribution in [1.82, 2.24) is 9.21 Å². The number of carboxylic acid groups (broad SMARTS) is 1. The summed E-state index contributed by atoms with van der Waals surface area (Å²) in [5.41, 5.74) is 0.654. The number of likely N-dealkylation sites (N-methyl/N-ethyl adjacent to an activating group) is 1. The first-order valence-corrected chi connectivity index (χ1v) is 10.1. The monoisotopic (exact) mass is 386 g/mol. The van der Waals surface area contributed by atoms with Gasteiger partial charge in [-0.3, -0.25) is 9.69 Å². The SMILES string of the molecule is CCN(CC(=O)O)C1CCN(S(=O)(=O)/C=C/c2ccccc2Cl)CC1. The lowest BCUT2D eigenvalue weighted by Gasteiger charge is -2.36. The molecule has 2 rings (SSSR count). The molecule has 1 aromatic carbocycles. The minimum Gasteiger partial charge on any atom is -0.480 e. The highest BCUT2D eigenvalue weighted by atomic mass is 35.5. The van der Waals surface area contributed by atoms with Crippen molar-refractivity contribution in [3.05, 3.63) is 40.3 Å². The van der Waals surface area contributed by atoms with Crippen molar-refractivity contribution < 1.29 is 18.3 Å². The highest BCUT2D eigenvalue weighted by Gasteiger charge is 2.29. The second-order valence-electron chi connectivity index (χ2n) is 5.96. The third-order valence-corrected chi connectivity index (χ3v) is 6.28. The van der Waals surface area contributed by atoms with Gasteiger partial charge in [0.05, 0.1) is 6.54 Å². The first-order valence-electron chi connectivity index (χ1n) is 8.22. The van der Waals surface area contributed by atoms with Crippen LogP contribution in [0.1, 0.15) is 25.3 Å². The number of rotatable bonds is 7. The third-order valence-electron chi connectivity index (χ3n) is 4.37. The maximum Gasteiger partial charge on any atom is 0.317 e. The summed E-state index contributed by atoms with van der Waals surface area (Å²) in [5.74, 6) is -0.862. The molecule has 0 bridgehead atoms. The van der Waals surface area contributed by atoms with Crippen molar-refractivity contribution in [3.8, 4) is 0 Å². The topological polar surface area (TPSA) is 77.9 Å². The summed E-state index contributed by atoms with van der Waals surface area (Å²) in [6.07, 6.45) is 2.76. The number of sulfonamides is 1. The van der Waals surface area contributed by atoms with Gasteiger partial charge < -0.3 is 5.11 Å². The largest absolute Gasteiger partial charge is 0.480 e. The van der Waals surface area contributed by atoms with Crippen molar-refractivity contribution in [2.24, 2.45) is 0 Å². The van der Waals surface area contributed by atoms with Crippen LogP contribution >= 0.6 is 11.6 Å². The van der Waals surface area contributed by atoms with Gasteiger partial charge in [-0.15, -0.1) is 0 Å². The maximum atomic E-state index is 12.5. The molecule has 0 unspecified atom stereocenters. The van der Waals surface area contributed by atoms with Gasteiger partial charge >= 0.3 is 5.97 Å². The van der Waals surface area contributed by atoms with Crippen LogP contribution in [0, 0.1) is 0 Å². The van der Waals surface area contributed by atoms with Gasteiger partial charge in [-0.05, 0) is 37.1 Å². The molecule has 1 aliphatic heterocycles. The predicted molar refractivity (Wildman–Crippen MR) is 98.9 cm³/mol. The zero-order chi connectivity index (χ0) is 18.4. The number of carboxylic acids is 1. The molecule has 0 spiro atoms. The minimum absolute atomic E-state index is 0.0136. The number of halogens is 1. The fourth-order valence-electron chi connectivity index (χ4n) is 2.99. The Bertz CT molecular complexity index is 728. The molecular formula is C17H23ClN2O4S. The lowest BCUT2D eigenvalue weighted by molar-refractivity contribution is -0.139. The molecule has 1 aromatic rings. The van der Waals surface area contributed by atoms with E-state index in [1.165, 1.54) is 15.8 Å². The van der Waals surface area contributed by atoms with Crippen LogP contribution in [0.25, 0.3) is 6.08 Å². The Kier molecular flexibility index (Phi) is 7.01. The Morgan fingerprint density at radius 3 is 2.56 bits per heavy atom. The van der Waals surface area contributed by atoms with Crippen LogP contribution in [0.15, 0.2) is 29.7 Å². The number of hydrogen-bond acceptors (Lipinski definition) is 4. The zero-order valence-electron chi connectivity index (χ0n) is 14.1. The maximum absolute atomic E-state index is 12.5. The first kappa shape index (κ1) is 19.9. The van der Waals surface area contributed by atoms with Crippen molar-refractivity contribution in [3.63, 3.8) is 0 Å². The summed E-state index contributed by atoms with van der Waals surface area (Å²) < 4.78 is 26.4. The van der Waals surface area contributed by atoms with Gasteiger partial charge in [0.2, 0.25) is 10.0 Å². The summed E-state index contributed by atoms with van der Waals surface area (Å²) in [5, 5.41) is 10.6. The summed E-state index contributed by atoms with van der Waals surface area (Å²) in [7, 11) is -3.52. The Balaban J connectivity index is 1.99. The van der Waals surface area contributed by atoms with Crippen molar-refractivity contribution >= 4 is 33.7 Å². The Morgan fingerprint density at radius 2 is 2.00 bits per heavy atom. The van der Waals surface area contributed by atoms with E-state index in [0.29, 0.717) is 43.1 Å². The molecular weight excluding hydrogens is 364 g/mol. The molecule has 0 amide bonds. The molecule has 1 saturated heterocycles.